The van der Waals surface area contributed by atoms with E-state index in [1.54, 1.807) is 24.4 Å². The highest BCUT2D eigenvalue weighted by Crippen LogP contribution is 2.46. The number of ether oxygens (including phenoxy) is 1. The van der Waals surface area contributed by atoms with Crippen molar-refractivity contribution in [3.05, 3.63) is 59.9 Å². The fourth-order valence-electron chi connectivity index (χ4n) is 5.17. The second-order valence-electron chi connectivity index (χ2n) is 8.73. The van der Waals surface area contributed by atoms with Gasteiger partial charge < -0.3 is 9.64 Å². The standard InChI is InChI=1S/C24H30N2O4S/c1-30-22-7-5-19(6-8-22)16-21-4-2-3-11-24(21)17-23(27)26(14-15-31(24,28)29)18-20-9-12-25-13-10-20/h5-10,12-13,21H,2-4,11,14-18H2,1H3. The summed E-state index contributed by atoms with van der Waals surface area (Å²) >= 11 is 0. The van der Waals surface area contributed by atoms with Gasteiger partial charge in [0.1, 0.15) is 5.75 Å². The predicted molar refractivity (Wildman–Crippen MR) is 119 cm³/mol. The van der Waals surface area contributed by atoms with Crippen LogP contribution in [0.1, 0.15) is 43.2 Å². The SMILES string of the molecule is COc1ccc(CC2CCCCC23CC(=O)N(Cc2ccncc2)CCS3(=O)=O)cc1. The fourth-order valence-corrected chi connectivity index (χ4v) is 7.55. The molecule has 7 heteroatoms. The molecule has 4 rings (SSSR count). The first-order chi connectivity index (χ1) is 14.9. The van der Waals surface area contributed by atoms with Crippen molar-refractivity contribution in [3.8, 4) is 5.75 Å². The van der Waals surface area contributed by atoms with Crippen LogP contribution in [0.5, 0.6) is 5.75 Å². The van der Waals surface area contributed by atoms with Crippen LogP contribution in [-0.2, 0) is 27.6 Å². The number of sulfone groups is 1. The zero-order valence-electron chi connectivity index (χ0n) is 18.0. The van der Waals surface area contributed by atoms with Crippen molar-refractivity contribution in [2.75, 3.05) is 19.4 Å². The Morgan fingerprint density at radius 1 is 1.10 bits per heavy atom. The molecule has 1 saturated heterocycles. The molecule has 2 unspecified atom stereocenters. The second kappa shape index (κ2) is 8.99. The smallest absolute Gasteiger partial charge is 0.224 e. The van der Waals surface area contributed by atoms with Crippen LogP contribution in [0.2, 0.25) is 0 Å². The highest BCUT2D eigenvalue weighted by atomic mass is 32.2. The van der Waals surface area contributed by atoms with Crippen LogP contribution in [-0.4, -0.2) is 48.4 Å². The Balaban J connectivity index is 1.60. The number of nitrogens with zero attached hydrogens (tertiary/aromatic N) is 2. The van der Waals surface area contributed by atoms with Gasteiger partial charge in [-0.3, -0.25) is 9.78 Å². The Hall–Kier alpha value is -2.41. The van der Waals surface area contributed by atoms with Crippen LogP contribution in [0.3, 0.4) is 0 Å². The van der Waals surface area contributed by atoms with Gasteiger partial charge in [0.15, 0.2) is 9.84 Å². The molecule has 1 aromatic carbocycles. The van der Waals surface area contributed by atoms with Gasteiger partial charge in [-0.05, 0) is 60.6 Å². The van der Waals surface area contributed by atoms with E-state index in [4.69, 9.17) is 4.74 Å². The lowest BCUT2D eigenvalue weighted by molar-refractivity contribution is -0.132. The number of benzene rings is 1. The Bertz CT molecular complexity index is 1010. The van der Waals surface area contributed by atoms with Crippen LogP contribution in [0.15, 0.2) is 48.8 Å². The van der Waals surface area contributed by atoms with E-state index < -0.39 is 14.6 Å². The summed E-state index contributed by atoms with van der Waals surface area (Å²) in [6.07, 6.45) is 7.42. The highest BCUT2D eigenvalue weighted by Gasteiger charge is 2.53. The number of pyridine rings is 1. The van der Waals surface area contributed by atoms with Gasteiger partial charge in [-0.15, -0.1) is 0 Å². The number of hydrogen-bond acceptors (Lipinski definition) is 5. The van der Waals surface area contributed by atoms with Crippen molar-refractivity contribution in [1.29, 1.82) is 0 Å². The summed E-state index contributed by atoms with van der Waals surface area (Å²) in [6, 6.07) is 11.6. The van der Waals surface area contributed by atoms with E-state index in [2.05, 4.69) is 4.98 Å². The molecule has 2 aliphatic rings. The average Bonchev–Trinajstić information content (AvgIpc) is 2.87. The Morgan fingerprint density at radius 2 is 1.84 bits per heavy atom. The third-order valence-electron chi connectivity index (χ3n) is 6.96. The number of aromatic nitrogens is 1. The number of hydrogen-bond donors (Lipinski definition) is 0. The summed E-state index contributed by atoms with van der Waals surface area (Å²) in [7, 11) is -1.79. The Morgan fingerprint density at radius 3 is 2.55 bits per heavy atom. The Kier molecular flexibility index (Phi) is 6.32. The minimum absolute atomic E-state index is 0.0307. The maximum absolute atomic E-state index is 13.6. The van der Waals surface area contributed by atoms with Crippen LogP contribution >= 0.6 is 0 Å². The molecule has 0 bridgehead atoms. The van der Waals surface area contributed by atoms with Crippen molar-refractivity contribution in [1.82, 2.24) is 9.88 Å². The molecule has 31 heavy (non-hydrogen) atoms. The number of carbonyl (C=O) groups is 1. The molecule has 1 aliphatic carbocycles. The third kappa shape index (κ3) is 4.47. The molecule has 2 fully saturated rings. The van der Waals surface area contributed by atoms with Gasteiger partial charge in [0.2, 0.25) is 5.91 Å². The molecule has 2 aromatic rings. The van der Waals surface area contributed by atoms with E-state index in [1.807, 2.05) is 36.4 Å². The molecule has 6 nitrogen and oxygen atoms in total. The van der Waals surface area contributed by atoms with E-state index in [1.165, 1.54) is 0 Å². The molecule has 166 valence electrons. The maximum atomic E-state index is 13.6. The molecule has 1 spiro atoms. The van der Waals surface area contributed by atoms with Crippen LogP contribution in [0, 0.1) is 5.92 Å². The van der Waals surface area contributed by atoms with Gasteiger partial charge in [0, 0.05) is 31.9 Å². The second-order valence-corrected chi connectivity index (χ2v) is 11.2. The molecule has 2 heterocycles. The number of rotatable bonds is 5. The van der Waals surface area contributed by atoms with Crippen molar-refractivity contribution in [2.24, 2.45) is 5.92 Å². The molecule has 1 aromatic heterocycles. The largest absolute Gasteiger partial charge is 0.497 e. The first kappa shape index (κ1) is 21.8. The summed E-state index contributed by atoms with van der Waals surface area (Å²) < 4.78 is 31.5. The van der Waals surface area contributed by atoms with E-state index in [0.717, 1.165) is 36.1 Å². The zero-order valence-corrected chi connectivity index (χ0v) is 18.8. The normalized spacial score (nSPS) is 25.9. The van der Waals surface area contributed by atoms with Crippen molar-refractivity contribution in [2.45, 2.75) is 49.8 Å². The van der Waals surface area contributed by atoms with E-state index in [9.17, 15) is 13.2 Å². The number of methoxy groups -OCH3 is 1. The number of amides is 1. The molecule has 2 atom stereocenters. The van der Waals surface area contributed by atoms with Gasteiger partial charge in [-0.25, -0.2) is 8.42 Å². The van der Waals surface area contributed by atoms with Gasteiger partial charge >= 0.3 is 0 Å². The van der Waals surface area contributed by atoms with Crippen LogP contribution < -0.4 is 4.74 Å². The lowest BCUT2D eigenvalue weighted by Gasteiger charge is -2.42. The molecular weight excluding hydrogens is 412 g/mol. The van der Waals surface area contributed by atoms with Gasteiger partial charge in [0.25, 0.3) is 0 Å². The van der Waals surface area contributed by atoms with Gasteiger partial charge in [0.05, 0.1) is 17.6 Å². The van der Waals surface area contributed by atoms with E-state index >= 15 is 0 Å². The molecular formula is C24H30N2O4S. The molecule has 1 amide bonds. The van der Waals surface area contributed by atoms with Crippen LogP contribution in [0.25, 0.3) is 0 Å². The Labute approximate surface area is 184 Å². The molecule has 1 aliphatic heterocycles. The fraction of sp³-hybridized carbons (Fsp3) is 0.500. The predicted octanol–water partition coefficient (Wildman–Crippen LogP) is 3.41. The topological polar surface area (TPSA) is 76.6 Å². The van der Waals surface area contributed by atoms with Gasteiger partial charge in [-0.2, -0.15) is 0 Å². The summed E-state index contributed by atoms with van der Waals surface area (Å²) in [5, 5.41) is 0. The van der Waals surface area contributed by atoms with Crippen LogP contribution in [0.4, 0.5) is 0 Å². The van der Waals surface area contributed by atoms with Crippen molar-refractivity contribution < 1.29 is 17.9 Å². The van der Waals surface area contributed by atoms with Crippen molar-refractivity contribution in [3.63, 3.8) is 0 Å². The lowest BCUT2D eigenvalue weighted by Crippen LogP contribution is -2.50. The quantitative estimate of drug-likeness (QED) is 0.709. The summed E-state index contributed by atoms with van der Waals surface area (Å²) in [5.41, 5.74) is 2.06. The highest BCUT2D eigenvalue weighted by molar-refractivity contribution is 7.92. The third-order valence-corrected chi connectivity index (χ3v) is 9.60. The lowest BCUT2D eigenvalue weighted by atomic mass is 9.73. The zero-order chi connectivity index (χ0) is 21.9. The summed E-state index contributed by atoms with van der Waals surface area (Å²) in [4.78, 5) is 19.0. The number of carbonyl (C=O) groups excluding carboxylic acids is 1. The van der Waals surface area contributed by atoms with Gasteiger partial charge in [-0.1, -0.05) is 25.0 Å². The van der Waals surface area contributed by atoms with E-state index in [-0.39, 0.29) is 30.5 Å². The minimum Gasteiger partial charge on any atom is -0.497 e. The maximum Gasteiger partial charge on any atom is 0.224 e. The first-order valence-electron chi connectivity index (χ1n) is 11.0. The minimum atomic E-state index is -3.42. The average molecular weight is 443 g/mol. The molecule has 0 N–H and O–H groups in total. The van der Waals surface area contributed by atoms with E-state index in [0.29, 0.717) is 19.4 Å². The molecule has 0 radical (unpaired) electrons. The summed E-state index contributed by atoms with van der Waals surface area (Å²) in [5.74, 6) is 0.707. The molecule has 1 saturated carbocycles. The first-order valence-corrected chi connectivity index (χ1v) is 12.6. The monoisotopic (exact) mass is 442 g/mol. The van der Waals surface area contributed by atoms with Crippen molar-refractivity contribution >= 4 is 15.7 Å². The summed E-state index contributed by atoms with van der Waals surface area (Å²) in [6.45, 7) is 0.677.